The number of thioether (sulfide) groups is 1. The third kappa shape index (κ3) is 3.25. The van der Waals surface area contributed by atoms with Crippen molar-refractivity contribution < 1.29 is 14.7 Å². The molecule has 2 rings (SSSR count). The molecule has 0 unspecified atom stereocenters. The summed E-state index contributed by atoms with van der Waals surface area (Å²) in [5.74, 6) is 0.312. The van der Waals surface area contributed by atoms with Crippen molar-refractivity contribution in [2.24, 2.45) is 0 Å². The van der Waals surface area contributed by atoms with Crippen LogP contribution in [0.3, 0.4) is 0 Å². The molecule has 1 aromatic rings. The summed E-state index contributed by atoms with van der Waals surface area (Å²) in [5.41, 5.74) is 0.349. The van der Waals surface area contributed by atoms with Gasteiger partial charge in [-0.1, -0.05) is 12.1 Å². The molecule has 1 radical (unpaired) electrons. The molecule has 0 bridgehead atoms. The van der Waals surface area contributed by atoms with E-state index in [0.717, 1.165) is 5.75 Å². The van der Waals surface area contributed by atoms with Crippen LogP contribution in [0, 0.1) is 0 Å². The van der Waals surface area contributed by atoms with Crippen LogP contribution in [0.25, 0.3) is 0 Å². The van der Waals surface area contributed by atoms with Crippen LogP contribution >= 0.6 is 11.8 Å². The number of carbonyl (C=O) groups is 2. The zero-order chi connectivity index (χ0) is 11.5. The third-order valence-electron chi connectivity index (χ3n) is 2.43. The molecule has 4 nitrogen and oxygen atoms in total. The van der Waals surface area contributed by atoms with Gasteiger partial charge in [0.1, 0.15) is 0 Å². The van der Waals surface area contributed by atoms with Gasteiger partial charge in [-0.15, -0.1) is 11.8 Å². The maximum absolute atomic E-state index is 12.0. The summed E-state index contributed by atoms with van der Waals surface area (Å²) < 4.78 is 0. The van der Waals surface area contributed by atoms with Crippen molar-refractivity contribution in [2.75, 3.05) is 18.2 Å². The predicted molar refractivity (Wildman–Crippen MR) is 67.5 cm³/mol. The van der Waals surface area contributed by atoms with Crippen LogP contribution in [0.1, 0.15) is 20.7 Å². The Balaban J connectivity index is 0.00000144. The van der Waals surface area contributed by atoms with Crippen LogP contribution < -0.4 is 0 Å². The number of hydrogen-bond acceptors (Lipinski definition) is 3. The molecule has 0 aliphatic carbocycles. The first-order valence-electron chi connectivity index (χ1n) is 4.89. The van der Waals surface area contributed by atoms with Crippen molar-refractivity contribution in [1.82, 2.24) is 4.90 Å². The number of rotatable bonds is 2. The molecule has 85 valence electrons. The first-order valence-corrected chi connectivity index (χ1v) is 6.05. The fourth-order valence-corrected chi connectivity index (χ4v) is 2.55. The Kier molecular flexibility index (Phi) is 5.52. The van der Waals surface area contributed by atoms with E-state index in [9.17, 15) is 9.59 Å². The van der Waals surface area contributed by atoms with Gasteiger partial charge in [-0.3, -0.25) is 4.79 Å². The second-order valence-corrected chi connectivity index (χ2v) is 4.53. The monoisotopic (exact) mass is 260 g/mol. The van der Waals surface area contributed by atoms with Crippen LogP contribution in [-0.2, 0) is 0 Å². The fourth-order valence-electron chi connectivity index (χ4n) is 1.60. The minimum absolute atomic E-state index is 0. The summed E-state index contributed by atoms with van der Waals surface area (Å²) in [4.78, 5) is 24.7. The van der Waals surface area contributed by atoms with E-state index in [1.54, 1.807) is 34.9 Å². The fraction of sp³-hybridized carbons (Fsp3) is 0.273. The molecule has 0 aromatic heterocycles. The van der Waals surface area contributed by atoms with Crippen molar-refractivity contribution in [3.8, 4) is 0 Å². The number of carboxylic acids is 1. The first kappa shape index (κ1) is 14.6. The Bertz CT molecular complexity index is 432. The summed E-state index contributed by atoms with van der Waals surface area (Å²) in [6.45, 7) is 0.692. The Labute approximate surface area is 126 Å². The number of aromatic carboxylic acids is 1. The number of carbonyl (C=O) groups excluding carboxylic acids is 1. The van der Waals surface area contributed by atoms with Gasteiger partial charge in [0.25, 0.3) is 5.91 Å². The molecule has 1 heterocycles. The zero-order valence-corrected chi connectivity index (χ0v) is 12.4. The van der Waals surface area contributed by atoms with Gasteiger partial charge in [-0.2, -0.15) is 0 Å². The Morgan fingerprint density at radius 2 is 1.88 bits per heavy atom. The largest absolute Gasteiger partial charge is 0.478 e. The second kappa shape index (κ2) is 6.44. The number of amides is 1. The normalized spacial score (nSPS) is 14.2. The molecule has 6 heteroatoms. The molecule has 1 fully saturated rings. The van der Waals surface area contributed by atoms with E-state index in [4.69, 9.17) is 5.11 Å². The Morgan fingerprint density at radius 1 is 1.24 bits per heavy atom. The van der Waals surface area contributed by atoms with E-state index < -0.39 is 5.97 Å². The van der Waals surface area contributed by atoms with E-state index in [2.05, 4.69) is 0 Å². The van der Waals surface area contributed by atoms with Gasteiger partial charge in [0.05, 0.1) is 17.0 Å². The molecule has 1 N–H and O–H groups in total. The molecule has 1 aliphatic heterocycles. The van der Waals surface area contributed by atoms with E-state index in [0.29, 0.717) is 12.4 Å². The molecule has 1 saturated heterocycles. The summed E-state index contributed by atoms with van der Waals surface area (Å²) in [6.07, 6.45) is 0. The predicted octanol–water partition coefficient (Wildman–Crippen LogP) is 1.15. The Morgan fingerprint density at radius 3 is 2.41 bits per heavy atom. The zero-order valence-electron chi connectivity index (χ0n) is 9.55. The standard InChI is InChI=1S/C11H11NO3S.Na/c13-10(12-5-6-16-7-12)8-3-1-2-4-9(8)11(14)15;/h1-4H,5-7H2,(H,14,15);. The minimum atomic E-state index is -1.06. The van der Waals surface area contributed by atoms with Gasteiger partial charge in [-0.05, 0) is 12.1 Å². The van der Waals surface area contributed by atoms with E-state index in [1.807, 2.05) is 0 Å². The first-order chi connectivity index (χ1) is 7.70. The summed E-state index contributed by atoms with van der Waals surface area (Å²) in [5, 5.41) is 8.98. The molecule has 1 amide bonds. The number of hydrogen-bond donors (Lipinski definition) is 1. The molecular formula is C11H11NNaO3S. The van der Waals surface area contributed by atoms with Crippen LogP contribution in [0.2, 0.25) is 0 Å². The van der Waals surface area contributed by atoms with Gasteiger partial charge in [-0.25, -0.2) is 4.79 Å². The van der Waals surface area contributed by atoms with Gasteiger partial charge in [0.2, 0.25) is 0 Å². The van der Waals surface area contributed by atoms with Crippen molar-refractivity contribution in [2.45, 2.75) is 0 Å². The van der Waals surface area contributed by atoms with Gasteiger partial charge in [0, 0.05) is 41.9 Å². The maximum atomic E-state index is 12.0. The quantitative estimate of drug-likeness (QED) is 0.810. The second-order valence-electron chi connectivity index (χ2n) is 3.46. The Hall–Kier alpha value is -0.490. The van der Waals surface area contributed by atoms with Crippen LogP contribution in [-0.4, -0.2) is 69.6 Å². The van der Waals surface area contributed by atoms with Crippen molar-refractivity contribution >= 4 is 53.2 Å². The van der Waals surface area contributed by atoms with Crippen LogP contribution in [0.15, 0.2) is 24.3 Å². The average molecular weight is 260 g/mol. The van der Waals surface area contributed by atoms with Gasteiger partial charge < -0.3 is 10.0 Å². The molecule has 0 spiro atoms. The van der Waals surface area contributed by atoms with Crippen molar-refractivity contribution in [3.63, 3.8) is 0 Å². The smallest absolute Gasteiger partial charge is 0.336 e. The topological polar surface area (TPSA) is 57.6 Å². The average Bonchev–Trinajstić information content (AvgIpc) is 2.81. The molecule has 1 aromatic carbocycles. The van der Waals surface area contributed by atoms with E-state index in [-0.39, 0.29) is 46.6 Å². The third-order valence-corrected chi connectivity index (χ3v) is 3.39. The van der Waals surface area contributed by atoms with Gasteiger partial charge >= 0.3 is 5.97 Å². The van der Waals surface area contributed by atoms with Crippen LogP contribution in [0.5, 0.6) is 0 Å². The van der Waals surface area contributed by atoms with E-state index >= 15 is 0 Å². The van der Waals surface area contributed by atoms with Gasteiger partial charge in [0.15, 0.2) is 0 Å². The molecular weight excluding hydrogens is 249 g/mol. The van der Waals surface area contributed by atoms with Crippen molar-refractivity contribution in [3.05, 3.63) is 35.4 Å². The number of nitrogens with zero attached hydrogens (tertiary/aromatic N) is 1. The number of benzene rings is 1. The summed E-state index contributed by atoms with van der Waals surface area (Å²) in [7, 11) is 0. The summed E-state index contributed by atoms with van der Waals surface area (Å²) >= 11 is 1.68. The molecule has 0 atom stereocenters. The minimum Gasteiger partial charge on any atom is -0.478 e. The molecule has 17 heavy (non-hydrogen) atoms. The van der Waals surface area contributed by atoms with Crippen molar-refractivity contribution in [1.29, 1.82) is 0 Å². The van der Waals surface area contributed by atoms with E-state index in [1.165, 1.54) is 6.07 Å². The number of carboxylic acid groups (broad SMARTS) is 1. The maximum Gasteiger partial charge on any atom is 0.336 e. The summed E-state index contributed by atoms with van der Waals surface area (Å²) in [6, 6.07) is 6.33. The SMILES string of the molecule is O=C(O)c1ccccc1C(=O)N1CCSC1.[Na]. The molecule has 1 aliphatic rings. The van der Waals surface area contributed by atoms with Crippen LogP contribution in [0.4, 0.5) is 0 Å². The molecule has 0 saturated carbocycles.